The largest absolute Gasteiger partial charge is 0.497 e. The Morgan fingerprint density at radius 2 is 2.06 bits per heavy atom. The summed E-state index contributed by atoms with van der Waals surface area (Å²) in [5.74, 6) is 1.13. The second-order valence-electron chi connectivity index (χ2n) is 4.64. The average Bonchev–Trinajstić information content (AvgIpc) is 2.39. The molecule has 0 aliphatic rings. The number of rotatable bonds is 7. The van der Waals surface area contributed by atoms with Crippen molar-refractivity contribution in [2.24, 2.45) is 5.92 Å². The van der Waals surface area contributed by atoms with E-state index in [4.69, 9.17) is 4.74 Å². The molecular formula is C15H23BrO2. The van der Waals surface area contributed by atoms with Gasteiger partial charge in [-0.15, -0.1) is 0 Å². The third-order valence-electron chi connectivity index (χ3n) is 3.43. The zero-order valence-electron chi connectivity index (χ0n) is 11.4. The topological polar surface area (TPSA) is 29.5 Å². The predicted molar refractivity (Wildman–Crippen MR) is 79.0 cm³/mol. The van der Waals surface area contributed by atoms with Crippen molar-refractivity contribution >= 4 is 15.9 Å². The highest BCUT2D eigenvalue weighted by atomic mass is 79.9. The van der Waals surface area contributed by atoms with E-state index in [1.807, 2.05) is 18.2 Å². The average molecular weight is 315 g/mol. The fraction of sp³-hybridized carbons (Fsp3) is 0.600. The van der Waals surface area contributed by atoms with Crippen LogP contribution in [0.5, 0.6) is 5.75 Å². The van der Waals surface area contributed by atoms with Crippen LogP contribution in [0.1, 0.15) is 51.2 Å². The van der Waals surface area contributed by atoms with E-state index in [2.05, 4.69) is 29.8 Å². The van der Waals surface area contributed by atoms with Gasteiger partial charge in [0.05, 0.1) is 13.2 Å². The lowest BCUT2D eigenvalue weighted by molar-refractivity contribution is 0.0982. The lowest BCUT2D eigenvalue weighted by Gasteiger charge is -2.23. The lowest BCUT2D eigenvalue weighted by Crippen LogP contribution is -2.12. The van der Waals surface area contributed by atoms with Gasteiger partial charge >= 0.3 is 0 Å². The molecule has 0 amide bonds. The molecule has 0 aliphatic heterocycles. The molecular weight excluding hydrogens is 292 g/mol. The summed E-state index contributed by atoms with van der Waals surface area (Å²) in [5.41, 5.74) is 0.957. The summed E-state index contributed by atoms with van der Waals surface area (Å²) in [5, 5.41) is 10.5. The summed E-state index contributed by atoms with van der Waals surface area (Å²) < 4.78 is 6.09. The smallest absolute Gasteiger partial charge is 0.120 e. The highest BCUT2D eigenvalue weighted by molar-refractivity contribution is 9.10. The fourth-order valence-electron chi connectivity index (χ4n) is 2.18. The Morgan fingerprint density at radius 1 is 1.33 bits per heavy atom. The van der Waals surface area contributed by atoms with Crippen molar-refractivity contribution in [2.45, 2.75) is 45.6 Å². The number of unbranched alkanes of at least 4 members (excludes halogenated alkanes) is 1. The number of halogens is 1. The summed E-state index contributed by atoms with van der Waals surface area (Å²) in [6.07, 6.45) is 4.02. The van der Waals surface area contributed by atoms with Crippen LogP contribution in [0.4, 0.5) is 0 Å². The molecule has 0 saturated carbocycles. The van der Waals surface area contributed by atoms with E-state index in [1.165, 1.54) is 12.8 Å². The molecule has 102 valence electrons. The van der Waals surface area contributed by atoms with Crippen LogP contribution in [0.2, 0.25) is 0 Å². The molecule has 0 radical (unpaired) electrons. The van der Waals surface area contributed by atoms with Crippen molar-refractivity contribution in [3.63, 3.8) is 0 Å². The van der Waals surface area contributed by atoms with Crippen molar-refractivity contribution in [3.8, 4) is 5.75 Å². The Kier molecular flexibility index (Phi) is 6.72. The van der Waals surface area contributed by atoms with Gasteiger partial charge in [-0.05, 0) is 30.0 Å². The van der Waals surface area contributed by atoms with Crippen molar-refractivity contribution in [1.82, 2.24) is 0 Å². The van der Waals surface area contributed by atoms with Crippen molar-refractivity contribution in [2.75, 3.05) is 7.11 Å². The standard InChI is InChI=1S/C15H23BrO2/c1-4-6-7-11(5-2)15(17)13-9-8-12(18-3)10-14(13)16/h8-11,15,17H,4-7H2,1-3H3. The number of aliphatic hydroxyl groups is 1. The lowest BCUT2D eigenvalue weighted by atomic mass is 9.89. The molecule has 2 nitrogen and oxygen atoms in total. The van der Waals surface area contributed by atoms with E-state index >= 15 is 0 Å². The first-order valence-electron chi connectivity index (χ1n) is 6.65. The number of ether oxygens (including phenoxy) is 1. The summed E-state index contributed by atoms with van der Waals surface area (Å²) in [6.45, 7) is 4.32. The quantitative estimate of drug-likeness (QED) is 0.790. The van der Waals surface area contributed by atoms with Crippen LogP contribution in [0.25, 0.3) is 0 Å². The minimum absolute atomic E-state index is 0.328. The van der Waals surface area contributed by atoms with E-state index in [0.29, 0.717) is 5.92 Å². The van der Waals surface area contributed by atoms with Crippen LogP contribution in [-0.4, -0.2) is 12.2 Å². The minimum Gasteiger partial charge on any atom is -0.497 e. The van der Waals surface area contributed by atoms with E-state index in [1.54, 1.807) is 7.11 Å². The molecule has 3 heteroatoms. The summed E-state index contributed by atoms with van der Waals surface area (Å²) in [6, 6.07) is 5.75. The third kappa shape index (κ3) is 3.99. The molecule has 1 aromatic rings. The predicted octanol–water partition coefficient (Wildman–Crippen LogP) is 4.71. The third-order valence-corrected chi connectivity index (χ3v) is 4.11. The molecule has 0 saturated heterocycles. The van der Waals surface area contributed by atoms with Crippen LogP contribution in [0.15, 0.2) is 22.7 Å². The Labute approximate surface area is 118 Å². The first-order valence-corrected chi connectivity index (χ1v) is 7.44. The molecule has 0 bridgehead atoms. The molecule has 0 fully saturated rings. The maximum atomic E-state index is 10.5. The maximum absolute atomic E-state index is 10.5. The maximum Gasteiger partial charge on any atom is 0.120 e. The minimum atomic E-state index is -0.401. The zero-order valence-corrected chi connectivity index (χ0v) is 13.0. The van der Waals surface area contributed by atoms with E-state index in [9.17, 15) is 5.11 Å². The van der Waals surface area contributed by atoms with Gasteiger partial charge in [-0.1, -0.05) is 55.1 Å². The number of hydrogen-bond donors (Lipinski definition) is 1. The Bertz CT molecular complexity index is 366. The highest BCUT2D eigenvalue weighted by Crippen LogP contribution is 2.34. The normalized spacial score (nSPS) is 14.3. The second-order valence-corrected chi connectivity index (χ2v) is 5.50. The first-order chi connectivity index (χ1) is 8.63. The van der Waals surface area contributed by atoms with Crippen LogP contribution in [-0.2, 0) is 0 Å². The van der Waals surface area contributed by atoms with Gasteiger partial charge in [0.15, 0.2) is 0 Å². The van der Waals surface area contributed by atoms with Crippen molar-refractivity contribution < 1.29 is 9.84 Å². The summed E-state index contributed by atoms with van der Waals surface area (Å²) >= 11 is 3.51. The van der Waals surface area contributed by atoms with Gasteiger partial charge in [0.1, 0.15) is 5.75 Å². The molecule has 0 heterocycles. The fourth-order valence-corrected chi connectivity index (χ4v) is 2.77. The molecule has 0 aliphatic carbocycles. The SMILES string of the molecule is CCCCC(CC)C(O)c1ccc(OC)cc1Br. The summed E-state index contributed by atoms with van der Waals surface area (Å²) in [7, 11) is 1.65. The number of hydrogen-bond acceptors (Lipinski definition) is 2. The number of aliphatic hydroxyl groups excluding tert-OH is 1. The second kappa shape index (κ2) is 7.80. The highest BCUT2D eigenvalue weighted by Gasteiger charge is 2.21. The van der Waals surface area contributed by atoms with Gasteiger partial charge in [-0.25, -0.2) is 0 Å². The molecule has 1 N–H and O–H groups in total. The van der Waals surface area contributed by atoms with Gasteiger partial charge < -0.3 is 9.84 Å². The van der Waals surface area contributed by atoms with Crippen molar-refractivity contribution in [3.05, 3.63) is 28.2 Å². The first kappa shape index (κ1) is 15.5. The van der Waals surface area contributed by atoms with Crippen LogP contribution in [0, 0.1) is 5.92 Å². The van der Waals surface area contributed by atoms with Gasteiger partial charge in [0, 0.05) is 4.47 Å². The molecule has 2 unspecified atom stereocenters. The molecule has 1 aromatic carbocycles. The van der Waals surface area contributed by atoms with Crippen LogP contribution >= 0.6 is 15.9 Å². The molecule has 0 spiro atoms. The van der Waals surface area contributed by atoms with E-state index in [-0.39, 0.29) is 0 Å². The van der Waals surface area contributed by atoms with Gasteiger partial charge in [-0.2, -0.15) is 0 Å². The van der Waals surface area contributed by atoms with Crippen LogP contribution < -0.4 is 4.74 Å². The van der Waals surface area contributed by atoms with Gasteiger partial charge in [-0.3, -0.25) is 0 Å². The van der Waals surface area contributed by atoms with Gasteiger partial charge in [0.2, 0.25) is 0 Å². The Hall–Kier alpha value is -0.540. The number of benzene rings is 1. The molecule has 18 heavy (non-hydrogen) atoms. The zero-order chi connectivity index (χ0) is 13.5. The van der Waals surface area contributed by atoms with Gasteiger partial charge in [0.25, 0.3) is 0 Å². The van der Waals surface area contributed by atoms with Crippen molar-refractivity contribution in [1.29, 1.82) is 0 Å². The Balaban J connectivity index is 2.83. The van der Waals surface area contributed by atoms with E-state index < -0.39 is 6.10 Å². The Morgan fingerprint density at radius 3 is 2.56 bits per heavy atom. The molecule has 0 aromatic heterocycles. The monoisotopic (exact) mass is 314 g/mol. The summed E-state index contributed by atoms with van der Waals surface area (Å²) in [4.78, 5) is 0. The van der Waals surface area contributed by atoms with E-state index in [0.717, 1.165) is 28.6 Å². The van der Waals surface area contributed by atoms with Crippen LogP contribution in [0.3, 0.4) is 0 Å². The molecule has 1 rings (SSSR count). The number of methoxy groups -OCH3 is 1. The molecule has 2 atom stereocenters.